The predicted molar refractivity (Wildman–Crippen MR) is 370 cm³/mol. The van der Waals surface area contributed by atoms with Crippen LogP contribution in [0.15, 0.2) is 194 Å². The molecule has 0 fully saturated rings. The third-order valence-corrected chi connectivity index (χ3v) is 13.3. The molecule has 0 bridgehead atoms. The van der Waals surface area contributed by atoms with Crippen LogP contribution in [0.5, 0.6) is 0 Å². The van der Waals surface area contributed by atoms with Gasteiger partial charge in [-0.1, -0.05) is 260 Å². The minimum Gasteiger partial charge on any atom is -0.545 e. The van der Waals surface area contributed by atoms with Gasteiger partial charge < -0.3 is 33.3 Å². The molecule has 0 N–H and O–H groups in total. The fourth-order valence-corrected chi connectivity index (χ4v) is 8.27. The van der Waals surface area contributed by atoms with Crippen LogP contribution in [-0.4, -0.2) is 82.3 Å². The number of hydrogen-bond acceptors (Lipinski definition) is 8. The number of likely N-dealkylation sites (N-methyl/N-ethyl adjacent to an activating group) is 1. The normalized spacial score (nSPS) is 14.0. The number of ether oxygens (including phenoxy) is 4. The van der Waals surface area contributed by atoms with Crippen molar-refractivity contribution in [2.75, 3.05) is 47.5 Å². The summed E-state index contributed by atoms with van der Waals surface area (Å²) in [6, 6.07) is 0. The summed E-state index contributed by atoms with van der Waals surface area (Å²) in [5.41, 5.74) is 0. The lowest BCUT2D eigenvalue weighted by Gasteiger charge is -2.26. The first-order valence-electron chi connectivity index (χ1n) is 33.6. The Morgan fingerprint density at radius 2 is 0.621 bits per heavy atom. The van der Waals surface area contributed by atoms with Gasteiger partial charge >= 0.3 is 11.9 Å². The zero-order chi connectivity index (χ0) is 63.3. The molecule has 9 heteroatoms. The zero-order valence-electron chi connectivity index (χ0n) is 55.3. The Morgan fingerprint density at radius 3 is 0.920 bits per heavy atom. The van der Waals surface area contributed by atoms with Gasteiger partial charge in [0, 0.05) is 12.8 Å². The Labute approximate surface area is 532 Å². The SMILES string of the molecule is CC/C=C\C/C=C\C/C=C\C/C=C\C/C=C\C/C=C\C/C=C\C/C=C\C/C=C\C/C=C\CCCCCCCCCCC(=O)OC(COC(=O)CCCCCC/C=C\C/C=C\C/C=C\C/C=C\C/C=C\C/C=C\CC)COC(OCC[N+](C)(C)C)C(=O)[O-]. The molecular weight excluding hydrogens is 1080 g/mol. The van der Waals surface area contributed by atoms with Crippen molar-refractivity contribution in [2.24, 2.45) is 0 Å². The Kier molecular flexibility index (Phi) is 61.6. The molecule has 0 aromatic carbocycles. The first-order valence-corrected chi connectivity index (χ1v) is 33.6. The number of carboxylic acid groups (broad SMARTS) is 1. The average Bonchev–Trinajstić information content (AvgIpc) is 3.55. The monoisotopic (exact) mass is 1200 g/mol. The number of nitrogens with zero attached hydrogens (tertiary/aromatic N) is 1. The molecule has 0 spiro atoms. The van der Waals surface area contributed by atoms with E-state index in [4.69, 9.17) is 18.9 Å². The highest BCUT2D eigenvalue weighted by Crippen LogP contribution is 2.14. The van der Waals surface area contributed by atoms with Crippen LogP contribution in [0.25, 0.3) is 0 Å². The van der Waals surface area contributed by atoms with E-state index in [9.17, 15) is 19.5 Å². The number of rotatable bonds is 59. The van der Waals surface area contributed by atoms with Gasteiger partial charge in [-0.25, -0.2) is 0 Å². The van der Waals surface area contributed by atoms with Crippen LogP contribution < -0.4 is 5.11 Å². The van der Waals surface area contributed by atoms with Crippen molar-refractivity contribution in [2.45, 2.75) is 232 Å². The van der Waals surface area contributed by atoms with Crippen molar-refractivity contribution >= 4 is 17.9 Å². The highest BCUT2D eigenvalue weighted by Gasteiger charge is 2.22. The molecule has 2 atom stereocenters. The molecular formula is C78H121NO8. The Morgan fingerprint density at radius 1 is 0.345 bits per heavy atom. The first-order chi connectivity index (χ1) is 42.6. The van der Waals surface area contributed by atoms with Gasteiger partial charge in [-0.2, -0.15) is 0 Å². The largest absolute Gasteiger partial charge is 0.545 e. The molecule has 0 saturated heterocycles. The number of carbonyl (C=O) groups is 3. The average molecular weight is 1200 g/mol. The van der Waals surface area contributed by atoms with Gasteiger partial charge in [-0.05, 0) is 141 Å². The third-order valence-electron chi connectivity index (χ3n) is 13.3. The van der Waals surface area contributed by atoms with Gasteiger partial charge in [0.05, 0.1) is 40.3 Å². The molecule has 87 heavy (non-hydrogen) atoms. The lowest BCUT2D eigenvalue weighted by Crippen LogP contribution is -2.44. The molecule has 0 rings (SSSR count). The van der Waals surface area contributed by atoms with Crippen molar-refractivity contribution in [3.8, 4) is 0 Å². The number of aliphatic carboxylic acids is 1. The standard InChI is InChI=1S/C78H121NO8/c1-6-8-10-12-14-16-18-20-22-24-26-28-30-31-32-33-34-35-36-37-38-39-40-41-42-43-44-45-47-49-51-53-55-57-59-61-63-65-67-69-76(81)87-74(73-86-78(77(82)83)84-71-70-79(3,4)5)72-85-75(80)68-66-64-62-60-58-56-54-52-50-48-46-29-27-25-23-21-19-17-15-13-11-9-7-2/h8-11,14-17,20-23,26-29,31-32,34-35,37-38,40-41,43-44,47-50,54,56,74,78H,6-7,12-13,18-19,24-25,30,33,36,39,42,45-46,51-53,55,57-73H2,1-5H3/b10-8-,11-9-,16-14-,17-15-,22-20-,23-21-,28-26-,29-27-,32-31-,35-34-,38-37-,41-40-,44-43-,49-47-,50-48-,56-54-. The minimum atomic E-state index is -1.64. The number of quaternary nitrogens is 1. The van der Waals surface area contributed by atoms with Crippen molar-refractivity contribution in [3.63, 3.8) is 0 Å². The number of hydrogen-bond donors (Lipinski definition) is 0. The number of carbonyl (C=O) groups excluding carboxylic acids is 3. The van der Waals surface area contributed by atoms with Crippen molar-refractivity contribution in [1.82, 2.24) is 0 Å². The number of carboxylic acids is 1. The van der Waals surface area contributed by atoms with E-state index < -0.39 is 30.3 Å². The summed E-state index contributed by atoms with van der Waals surface area (Å²) in [6.45, 7) is 4.45. The molecule has 0 aliphatic carbocycles. The molecule has 0 aromatic rings. The van der Waals surface area contributed by atoms with E-state index in [0.29, 0.717) is 23.9 Å². The van der Waals surface area contributed by atoms with Gasteiger partial charge in [0.15, 0.2) is 12.4 Å². The number of unbranched alkanes of at least 4 members (excludes halogenated alkanes) is 12. The number of esters is 2. The fraction of sp³-hybridized carbons (Fsp3) is 0.551. The van der Waals surface area contributed by atoms with Crippen molar-refractivity contribution < 1.29 is 42.9 Å². The van der Waals surface area contributed by atoms with Gasteiger partial charge in [0.25, 0.3) is 0 Å². The summed E-state index contributed by atoms with van der Waals surface area (Å²) >= 11 is 0. The lowest BCUT2D eigenvalue weighted by molar-refractivity contribution is -0.870. The second-order valence-electron chi connectivity index (χ2n) is 22.6. The smallest absolute Gasteiger partial charge is 0.306 e. The number of allylic oxidation sites excluding steroid dienone is 32. The second-order valence-corrected chi connectivity index (χ2v) is 22.6. The molecule has 0 radical (unpaired) electrons. The van der Waals surface area contributed by atoms with Crippen LogP contribution in [0.2, 0.25) is 0 Å². The summed E-state index contributed by atoms with van der Waals surface area (Å²) in [5, 5.41) is 11.8. The maximum atomic E-state index is 12.9. The predicted octanol–water partition coefficient (Wildman–Crippen LogP) is 19.7. The third kappa shape index (κ3) is 67.5. The van der Waals surface area contributed by atoms with Gasteiger partial charge in [0.2, 0.25) is 0 Å². The van der Waals surface area contributed by atoms with Crippen LogP contribution >= 0.6 is 0 Å². The van der Waals surface area contributed by atoms with Crippen LogP contribution in [0.4, 0.5) is 0 Å². The summed E-state index contributed by atoms with van der Waals surface area (Å²) in [6.07, 6.45) is 99.2. The lowest BCUT2D eigenvalue weighted by atomic mass is 10.1. The Bertz CT molecular complexity index is 2130. The molecule has 2 unspecified atom stereocenters. The summed E-state index contributed by atoms with van der Waals surface area (Å²) < 4.78 is 22.7. The Balaban J connectivity index is 4.27. The molecule has 9 nitrogen and oxygen atoms in total. The van der Waals surface area contributed by atoms with E-state index in [1.807, 2.05) is 21.1 Å². The molecule has 0 aliphatic rings. The second kappa shape index (κ2) is 66.1. The van der Waals surface area contributed by atoms with E-state index in [2.05, 4.69) is 208 Å². The van der Waals surface area contributed by atoms with E-state index in [0.717, 1.165) is 154 Å². The van der Waals surface area contributed by atoms with Gasteiger partial charge in [0.1, 0.15) is 13.2 Å². The summed E-state index contributed by atoms with van der Waals surface area (Å²) in [5.74, 6) is -2.35. The first kappa shape index (κ1) is 81.1. The molecule has 0 aromatic heterocycles. The summed E-state index contributed by atoms with van der Waals surface area (Å²) in [7, 11) is 5.90. The van der Waals surface area contributed by atoms with Crippen molar-refractivity contribution in [3.05, 3.63) is 194 Å². The maximum Gasteiger partial charge on any atom is 0.306 e. The zero-order valence-corrected chi connectivity index (χ0v) is 55.3. The van der Waals surface area contributed by atoms with E-state index in [-0.39, 0.29) is 32.7 Å². The fourth-order valence-electron chi connectivity index (χ4n) is 8.27. The van der Waals surface area contributed by atoms with E-state index in [1.165, 1.54) is 25.7 Å². The molecule has 0 amide bonds. The molecule has 486 valence electrons. The quantitative estimate of drug-likeness (QED) is 0.0195. The Hall–Kier alpha value is -5.87. The van der Waals surface area contributed by atoms with Crippen LogP contribution in [0.1, 0.15) is 219 Å². The van der Waals surface area contributed by atoms with Crippen molar-refractivity contribution in [1.29, 1.82) is 0 Å². The topological polar surface area (TPSA) is 111 Å². The molecule has 0 heterocycles. The summed E-state index contributed by atoms with van der Waals surface area (Å²) in [4.78, 5) is 37.4. The van der Waals surface area contributed by atoms with E-state index >= 15 is 0 Å². The highest BCUT2D eigenvalue weighted by molar-refractivity contribution is 5.70. The van der Waals surface area contributed by atoms with Crippen LogP contribution in [0, 0.1) is 0 Å². The van der Waals surface area contributed by atoms with Gasteiger partial charge in [-0.15, -0.1) is 0 Å². The van der Waals surface area contributed by atoms with Crippen LogP contribution in [0.3, 0.4) is 0 Å². The minimum absolute atomic E-state index is 0.130. The highest BCUT2D eigenvalue weighted by atomic mass is 16.7. The maximum absolute atomic E-state index is 12.9. The molecule has 0 saturated carbocycles. The van der Waals surface area contributed by atoms with Gasteiger partial charge in [-0.3, -0.25) is 9.59 Å². The van der Waals surface area contributed by atoms with Crippen LogP contribution in [-0.2, 0) is 33.3 Å². The molecule has 0 aliphatic heterocycles. The van der Waals surface area contributed by atoms with E-state index in [1.54, 1.807) is 0 Å².